The van der Waals surface area contributed by atoms with Gasteiger partial charge in [0.15, 0.2) is 5.11 Å². The molecule has 0 spiro atoms. The number of rotatable bonds is 16. The number of carbonyl (C=O) groups excluding carboxylic acids is 4. The van der Waals surface area contributed by atoms with Crippen LogP contribution < -0.4 is 38.7 Å². The molecule has 306 valence electrons. The number of hydrogen-bond donors (Lipinski definition) is 7. The van der Waals surface area contributed by atoms with Crippen LogP contribution in [0.1, 0.15) is 27.0 Å². The summed E-state index contributed by atoms with van der Waals surface area (Å²) in [7, 11) is -2.02. The summed E-state index contributed by atoms with van der Waals surface area (Å²) in [6, 6.07) is 22.6. The van der Waals surface area contributed by atoms with Gasteiger partial charge in [0.25, 0.3) is 5.91 Å². The van der Waals surface area contributed by atoms with E-state index in [2.05, 4.69) is 31.9 Å². The Morgan fingerprint density at radius 3 is 1.72 bits per heavy atom. The van der Waals surface area contributed by atoms with Crippen molar-refractivity contribution in [3.8, 4) is 0 Å². The Morgan fingerprint density at radius 1 is 0.684 bits per heavy atom. The minimum absolute atomic E-state index is 0.00376. The molecule has 3 aromatic carbocycles. The standard InChI is InChI=1S/C38H51BrN11O5PS/c39-31-9-3-29(4-10-31)20-44-37(54)30-7-1-28(2-8-30)21-45-38(57)46-32-11-5-27(6-12-32)19-33-22-49(26-56(43)55)16-15-47(23-34(40)51)13-14-48(24-35(41)52)17-18-50(33)25-36(42)53/h1-12,33H,13-26H2,(H10-,40,41,42,43,44,45,46,51,52,53,54,55,57)/p+1. The Bertz CT molecular complexity index is 1840. The minimum Gasteiger partial charge on any atom is -0.369 e. The summed E-state index contributed by atoms with van der Waals surface area (Å²) in [5.74, 6) is -1.64. The summed E-state index contributed by atoms with van der Waals surface area (Å²) < 4.78 is 13.3. The fourth-order valence-electron chi connectivity index (χ4n) is 6.45. The molecular weight excluding hydrogens is 833 g/mol. The molecule has 1 saturated heterocycles. The number of benzene rings is 3. The molecule has 19 heteroatoms. The Kier molecular flexibility index (Phi) is 18.4. The van der Waals surface area contributed by atoms with Gasteiger partial charge in [0.05, 0.1) is 19.6 Å². The molecule has 1 fully saturated rings. The zero-order valence-corrected chi connectivity index (χ0v) is 35.1. The predicted octanol–water partition coefficient (Wildman–Crippen LogP) is 1.11. The highest BCUT2D eigenvalue weighted by molar-refractivity contribution is 9.10. The van der Waals surface area contributed by atoms with Crippen molar-refractivity contribution in [3.63, 3.8) is 0 Å². The Hall–Kier alpha value is -4.39. The van der Waals surface area contributed by atoms with Crippen molar-refractivity contribution in [1.29, 1.82) is 0 Å². The summed E-state index contributed by atoms with van der Waals surface area (Å²) in [5.41, 5.74) is 26.8. The SMILES string of the molecule is NC(=O)CN1CCN(CC(N)=O)CCN(CC(N)=O)C(Cc2ccc(NC(=S)NCc3ccc(C(=O)NCc4ccc(Br)cc4)cc3)cc2)CN(C[P+](N)=O)CC1. The van der Waals surface area contributed by atoms with Crippen LogP contribution in [-0.4, -0.2) is 126 Å². The van der Waals surface area contributed by atoms with Crippen molar-refractivity contribution >= 4 is 70.5 Å². The van der Waals surface area contributed by atoms with Gasteiger partial charge in [0.2, 0.25) is 24.0 Å². The van der Waals surface area contributed by atoms with Crippen molar-refractivity contribution in [2.24, 2.45) is 22.7 Å². The van der Waals surface area contributed by atoms with Crippen LogP contribution in [0.25, 0.3) is 0 Å². The summed E-state index contributed by atoms with van der Waals surface area (Å²) in [6.45, 7) is 3.81. The molecule has 2 unspecified atom stereocenters. The quantitative estimate of drug-likeness (QED) is 0.0790. The van der Waals surface area contributed by atoms with Crippen molar-refractivity contribution in [1.82, 2.24) is 30.2 Å². The number of primary amides is 3. The lowest BCUT2D eigenvalue weighted by Crippen LogP contribution is -2.53. The Morgan fingerprint density at radius 2 is 1.18 bits per heavy atom. The maximum atomic E-state index is 12.6. The predicted molar refractivity (Wildman–Crippen MR) is 229 cm³/mol. The summed E-state index contributed by atoms with van der Waals surface area (Å²) in [5, 5.41) is 9.76. The molecule has 4 amide bonds. The van der Waals surface area contributed by atoms with Gasteiger partial charge in [0, 0.05) is 80.7 Å². The lowest BCUT2D eigenvalue weighted by molar-refractivity contribution is -0.121. The highest BCUT2D eigenvalue weighted by atomic mass is 79.9. The zero-order valence-electron chi connectivity index (χ0n) is 31.8. The van der Waals surface area contributed by atoms with E-state index < -0.39 is 25.7 Å². The van der Waals surface area contributed by atoms with E-state index in [0.717, 1.165) is 26.9 Å². The van der Waals surface area contributed by atoms with Crippen LogP contribution >= 0.6 is 36.1 Å². The smallest absolute Gasteiger partial charge is 0.369 e. The van der Waals surface area contributed by atoms with Crippen LogP contribution in [0.5, 0.6) is 0 Å². The number of carbonyl (C=O) groups is 4. The van der Waals surface area contributed by atoms with Gasteiger partial charge in [-0.3, -0.25) is 38.8 Å². The van der Waals surface area contributed by atoms with Crippen LogP contribution in [0.4, 0.5) is 5.69 Å². The lowest BCUT2D eigenvalue weighted by Gasteiger charge is -2.37. The van der Waals surface area contributed by atoms with Crippen LogP contribution in [-0.2, 0) is 38.5 Å². The number of anilines is 1. The molecule has 2 atom stereocenters. The van der Waals surface area contributed by atoms with E-state index in [9.17, 15) is 23.7 Å². The van der Waals surface area contributed by atoms with E-state index in [1.165, 1.54) is 0 Å². The largest absolute Gasteiger partial charge is 0.445 e. The molecule has 57 heavy (non-hydrogen) atoms. The van der Waals surface area contributed by atoms with E-state index in [1.54, 1.807) is 12.1 Å². The van der Waals surface area contributed by atoms with Crippen LogP contribution in [0.15, 0.2) is 77.3 Å². The number of halogens is 1. The molecule has 4 rings (SSSR count). The number of thiocarbonyl (C=S) groups is 1. The third-order valence-electron chi connectivity index (χ3n) is 9.33. The Labute approximate surface area is 348 Å². The maximum absolute atomic E-state index is 12.6. The number of nitrogens with zero attached hydrogens (tertiary/aromatic N) is 4. The minimum atomic E-state index is -2.02. The summed E-state index contributed by atoms with van der Waals surface area (Å²) >= 11 is 8.97. The average Bonchev–Trinajstić information content (AvgIpc) is 3.15. The lowest BCUT2D eigenvalue weighted by atomic mass is 10.0. The fourth-order valence-corrected chi connectivity index (χ4v) is 7.55. The number of amides is 4. The zero-order chi connectivity index (χ0) is 41.3. The van der Waals surface area contributed by atoms with Gasteiger partial charge in [-0.25, -0.2) is 0 Å². The second-order valence-electron chi connectivity index (χ2n) is 13.9. The molecular formula is C38H52BrN11O5PS+. The van der Waals surface area contributed by atoms with E-state index in [1.807, 2.05) is 80.3 Å². The molecule has 11 N–H and O–H groups in total. The third kappa shape index (κ3) is 16.9. The second-order valence-corrected chi connectivity index (χ2v) is 16.4. The van der Waals surface area contributed by atoms with Gasteiger partial charge in [-0.1, -0.05) is 52.3 Å². The molecule has 0 aromatic heterocycles. The normalized spacial score (nSPS) is 16.7. The molecule has 3 aromatic rings. The molecule has 1 aliphatic heterocycles. The van der Waals surface area contributed by atoms with Crippen molar-refractivity contribution in [2.45, 2.75) is 25.6 Å². The molecule has 0 aliphatic carbocycles. The van der Waals surface area contributed by atoms with Crippen LogP contribution in [0.3, 0.4) is 0 Å². The first-order valence-corrected chi connectivity index (χ1v) is 21.1. The molecule has 1 aliphatic rings. The van der Waals surface area contributed by atoms with E-state index in [-0.39, 0.29) is 37.9 Å². The van der Waals surface area contributed by atoms with Crippen molar-refractivity contribution < 1.29 is 23.7 Å². The van der Waals surface area contributed by atoms with E-state index in [0.29, 0.717) is 76.0 Å². The fraction of sp³-hybridized carbons (Fsp3) is 0.395. The first-order valence-electron chi connectivity index (χ1n) is 18.4. The summed E-state index contributed by atoms with van der Waals surface area (Å²) in [4.78, 5) is 56.5. The third-order valence-corrected chi connectivity index (χ3v) is 10.8. The van der Waals surface area contributed by atoms with Gasteiger partial charge in [-0.15, -0.1) is 5.50 Å². The van der Waals surface area contributed by atoms with Gasteiger partial charge in [-0.2, -0.15) is 0 Å². The molecule has 0 radical (unpaired) electrons. The number of nitrogens with two attached hydrogens (primary N) is 4. The topological polar surface area (TPSA) is 238 Å². The first kappa shape index (κ1) is 45.3. The number of nitrogens with one attached hydrogen (secondary N) is 3. The molecule has 1 heterocycles. The van der Waals surface area contributed by atoms with Gasteiger partial charge >= 0.3 is 7.95 Å². The van der Waals surface area contributed by atoms with Gasteiger partial charge in [0.1, 0.15) is 0 Å². The van der Waals surface area contributed by atoms with Crippen molar-refractivity contribution in [3.05, 3.63) is 99.5 Å². The highest BCUT2D eigenvalue weighted by Gasteiger charge is 2.28. The molecule has 16 nitrogen and oxygen atoms in total. The average molecular weight is 886 g/mol. The maximum Gasteiger partial charge on any atom is 0.445 e. The van der Waals surface area contributed by atoms with Gasteiger partial charge in [-0.05, 0) is 76.3 Å². The highest BCUT2D eigenvalue weighted by Crippen LogP contribution is 2.19. The second kappa shape index (κ2) is 23.1. The van der Waals surface area contributed by atoms with E-state index >= 15 is 0 Å². The van der Waals surface area contributed by atoms with Crippen molar-refractivity contribution in [2.75, 3.05) is 77.1 Å². The number of hydrogen-bond acceptors (Lipinski definition) is 10. The van der Waals surface area contributed by atoms with Crippen LogP contribution in [0, 0.1) is 0 Å². The van der Waals surface area contributed by atoms with Gasteiger partial charge < -0.3 is 33.2 Å². The monoisotopic (exact) mass is 884 g/mol. The molecule has 0 bridgehead atoms. The molecule has 0 saturated carbocycles. The van der Waals surface area contributed by atoms with Crippen LogP contribution in [0.2, 0.25) is 0 Å². The summed E-state index contributed by atoms with van der Waals surface area (Å²) in [6.07, 6.45) is 0.627. The van der Waals surface area contributed by atoms with E-state index in [4.69, 9.17) is 34.9 Å². The first-order chi connectivity index (χ1) is 27.2. The Balaban J connectivity index is 1.39.